The van der Waals surface area contributed by atoms with Crippen molar-refractivity contribution in [3.05, 3.63) is 77.8 Å². The van der Waals surface area contributed by atoms with Gasteiger partial charge in [0.15, 0.2) is 5.90 Å². The summed E-state index contributed by atoms with van der Waals surface area (Å²) in [5.41, 5.74) is 2.39. The van der Waals surface area contributed by atoms with E-state index in [2.05, 4.69) is 22.4 Å². The second-order valence-electron chi connectivity index (χ2n) is 5.61. The van der Waals surface area contributed by atoms with Crippen molar-refractivity contribution in [2.24, 2.45) is 4.99 Å². The van der Waals surface area contributed by atoms with E-state index in [0.717, 1.165) is 12.0 Å². The lowest BCUT2D eigenvalue weighted by atomic mass is 10.0. The van der Waals surface area contributed by atoms with Crippen LogP contribution in [0.15, 0.2) is 71.4 Å². The number of aliphatic imine (C=N–C) groups is 1. The summed E-state index contributed by atoms with van der Waals surface area (Å²) >= 11 is 0. The number of benzene rings is 2. The summed E-state index contributed by atoms with van der Waals surface area (Å²) in [5, 5.41) is 3.31. The molecule has 0 aromatic heterocycles. The predicted octanol–water partition coefficient (Wildman–Crippen LogP) is 4.36. The third-order valence-corrected chi connectivity index (χ3v) is 3.71. The van der Waals surface area contributed by atoms with Gasteiger partial charge in [-0.2, -0.15) is 0 Å². The monoisotopic (exact) mass is 326 g/mol. The van der Waals surface area contributed by atoms with Crippen LogP contribution in [0.3, 0.4) is 0 Å². The second kappa shape index (κ2) is 8.99. The fourth-order valence-electron chi connectivity index (χ4n) is 2.32. The zero-order valence-corrected chi connectivity index (χ0v) is 14.3. The molecule has 0 fully saturated rings. The summed E-state index contributed by atoms with van der Waals surface area (Å²) < 4.78 is 18.5. The fourth-order valence-corrected chi connectivity index (χ4v) is 2.32. The van der Waals surface area contributed by atoms with Gasteiger partial charge in [-0.25, -0.2) is 9.38 Å². The maximum Gasteiger partial charge on any atom is 0.191 e. The average molecular weight is 326 g/mol. The van der Waals surface area contributed by atoms with E-state index in [0.29, 0.717) is 11.6 Å². The van der Waals surface area contributed by atoms with E-state index in [1.54, 1.807) is 19.1 Å². The molecule has 0 saturated carbocycles. The highest BCUT2D eigenvalue weighted by atomic mass is 19.1. The number of hydrogen-bond acceptors (Lipinski definition) is 3. The van der Waals surface area contributed by atoms with E-state index in [-0.39, 0.29) is 11.9 Å². The smallest absolute Gasteiger partial charge is 0.191 e. The lowest BCUT2D eigenvalue weighted by Gasteiger charge is -2.16. The number of hydrogen-bond donors (Lipinski definition) is 1. The summed E-state index contributed by atoms with van der Waals surface area (Å²) in [6.45, 7) is 3.82. The standard InChI is InChI=1S/C20H23FN2O/c1-15(20(22-3)13-17-7-5-4-6-8-17)14-23-16(2)24-19-11-9-18(21)10-12-19/h4-12,14,20,22H,13H2,1-3H3/b15-14+,23-16?. The number of likely N-dealkylation sites (N-methyl/N-ethyl adjacent to an activating group) is 1. The summed E-state index contributed by atoms with van der Waals surface area (Å²) in [4.78, 5) is 4.35. The van der Waals surface area contributed by atoms with Crippen LogP contribution in [-0.2, 0) is 6.42 Å². The largest absolute Gasteiger partial charge is 0.443 e. The second-order valence-corrected chi connectivity index (χ2v) is 5.61. The lowest BCUT2D eigenvalue weighted by molar-refractivity contribution is 0.541. The third-order valence-electron chi connectivity index (χ3n) is 3.71. The molecule has 0 radical (unpaired) electrons. The number of nitrogens with one attached hydrogen (secondary N) is 1. The van der Waals surface area contributed by atoms with Gasteiger partial charge in [0.2, 0.25) is 0 Å². The zero-order chi connectivity index (χ0) is 17.4. The first-order valence-corrected chi connectivity index (χ1v) is 7.94. The molecule has 1 atom stereocenters. The first-order chi connectivity index (χ1) is 11.6. The topological polar surface area (TPSA) is 33.6 Å². The highest BCUT2D eigenvalue weighted by molar-refractivity contribution is 5.76. The molecule has 4 heteroatoms. The van der Waals surface area contributed by atoms with Gasteiger partial charge < -0.3 is 10.1 Å². The molecular weight excluding hydrogens is 303 g/mol. The van der Waals surface area contributed by atoms with Gasteiger partial charge >= 0.3 is 0 Å². The van der Waals surface area contributed by atoms with Crippen LogP contribution in [0.4, 0.5) is 4.39 Å². The van der Waals surface area contributed by atoms with Crippen molar-refractivity contribution < 1.29 is 9.13 Å². The van der Waals surface area contributed by atoms with Gasteiger partial charge in [0.05, 0.1) is 0 Å². The molecule has 0 aliphatic heterocycles. The Bertz CT molecular complexity index is 693. The Kier molecular flexibility index (Phi) is 6.70. The molecule has 2 aromatic rings. The Morgan fingerprint density at radius 1 is 1.12 bits per heavy atom. The number of halogens is 1. The number of ether oxygens (including phenoxy) is 1. The van der Waals surface area contributed by atoms with E-state index in [4.69, 9.17) is 4.74 Å². The Hall–Kier alpha value is -2.46. The summed E-state index contributed by atoms with van der Waals surface area (Å²) in [6, 6.07) is 16.4. The minimum absolute atomic E-state index is 0.203. The molecule has 2 rings (SSSR count). The van der Waals surface area contributed by atoms with Gasteiger partial charge in [0.25, 0.3) is 0 Å². The Morgan fingerprint density at radius 2 is 1.79 bits per heavy atom. The molecule has 1 N–H and O–H groups in total. The Balaban J connectivity index is 2.00. The molecule has 1 unspecified atom stereocenters. The highest BCUT2D eigenvalue weighted by Gasteiger charge is 2.09. The zero-order valence-electron chi connectivity index (χ0n) is 14.3. The minimum atomic E-state index is -0.287. The SMILES string of the molecule is CNC(Cc1ccccc1)/C(C)=C/N=C(C)Oc1ccc(F)cc1. The fraction of sp³-hybridized carbons (Fsp3) is 0.250. The average Bonchev–Trinajstić information content (AvgIpc) is 2.60. The summed E-state index contributed by atoms with van der Waals surface area (Å²) in [5.74, 6) is 0.791. The van der Waals surface area contributed by atoms with Crippen molar-refractivity contribution in [1.29, 1.82) is 0 Å². The Morgan fingerprint density at radius 3 is 2.42 bits per heavy atom. The number of nitrogens with zero attached hydrogens (tertiary/aromatic N) is 1. The highest BCUT2D eigenvalue weighted by Crippen LogP contribution is 2.13. The molecule has 0 saturated heterocycles. The molecular formula is C20H23FN2O. The third kappa shape index (κ3) is 5.63. The molecule has 2 aromatic carbocycles. The molecule has 0 aliphatic rings. The van der Waals surface area contributed by atoms with Crippen LogP contribution >= 0.6 is 0 Å². The van der Waals surface area contributed by atoms with Gasteiger partial charge in [-0.1, -0.05) is 30.3 Å². The lowest BCUT2D eigenvalue weighted by Crippen LogP contribution is -2.28. The van der Waals surface area contributed by atoms with Crippen molar-refractivity contribution in [3.63, 3.8) is 0 Å². The summed E-state index contributed by atoms with van der Waals surface area (Å²) in [7, 11) is 1.94. The van der Waals surface area contributed by atoms with E-state index < -0.39 is 0 Å². The van der Waals surface area contributed by atoms with Gasteiger partial charge in [0.1, 0.15) is 11.6 Å². The first kappa shape index (κ1) is 17.9. The predicted molar refractivity (Wildman–Crippen MR) is 96.9 cm³/mol. The molecule has 0 spiro atoms. The maximum absolute atomic E-state index is 12.9. The molecule has 0 aliphatic carbocycles. The molecule has 0 heterocycles. The van der Waals surface area contributed by atoms with Crippen molar-refractivity contribution in [2.75, 3.05) is 7.05 Å². The van der Waals surface area contributed by atoms with Crippen molar-refractivity contribution in [3.8, 4) is 5.75 Å². The Labute approximate surface area is 142 Å². The van der Waals surface area contributed by atoms with Crippen LogP contribution in [0, 0.1) is 5.82 Å². The van der Waals surface area contributed by atoms with E-state index in [9.17, 15) is 4.39 Å². The van der Waals surface area contributed by atoms with Crippen LogP contribution in [0.2, 0.25) is 0 Å². The van der Waals surface area contributed by atoms with E-state index >= 15 is 0 Å². The molecule has 3 nitrogen and oxygen atoms in total. The summed E-state index contributed by atoms with van der Waals surface area (Å²) in [6.07, 6.45) is 2.70. The van der Waals surface area contributed by atoms with Gasteiger partial charge in [-0.05, 0) is 55.8 Å². The van der Waals surface area contributed by atoms with Crippen molar-refractivity contribution in [2.45, 2.75) is 26.3 Å². The van der Waals surface area contributed by atoms with Crippen LogP contribution in [0.25, 0.3) is 0 Å². The number of rotatable bonds is 6. The maximum atomic E-state index is 12.9. The molecule has 0 amide bonds. The van der Waals surface area contributed by atoms with Gasteiger partial charge in [0, 0.05) is 19.2 Å². The molecule has 0 bridgehead atoms. The molecule has 24 heavy (non-hydrogen) atoms. The normalized spacial score (nSPS) is 13.7. The van der Waals surface area contributed by atoms with Crippen LogP contribution in [0.5, 0.6) is 5.75 Å². The van der Waals surface area contributed by atoms with E-state index in [1.807, 2.05) is 38.4 Å². The first-order valence-electron chi connectivity index (χ1n) is 7.94. The molecule has 126 valence electrons. The van der Waals surface area contributed by atoms with Crippen molar-refractivity contribution in [1.82, 2.24) is 5.32 Å². The van der Waals surface area contributed by atoms with Crippen LogP contribution in [-0.4, -0.2) is 19.0 Å². The van der Waals surface area contributed by atoms with Gasteiger partial charge in [-0.15, -0.1) is 0 Å². The van der Waals surface area contributed by atoms with Crippen LogP contribution in [0.1, 0.15) is 19.4 Å². The van der Waals surface area contributed by atoms with Crippen molar-refractivity contribution >= 4 is 5.90 Å². The van der Waals surface area contributed by atoms with E-state index in [1.165, 1.54) is 17.7 Å². The van der Waals surface area contributed by atoms with Gasteiger partial charge in [-0.3, -0.25) is 0 Å². The van der Waals surface area contributed by atoms with Crippen LogP contribution < -0.4 is 10.1 Å². The quantitative estimate of drug-likeness (QED) is 0.632. The minimum Gasteiger partial charge on any atom is -0.443 e.